The molecule has 96 valence electrons. The van der Waals surface area contributed by atoms with Crippen molar-refractivity contribution in [3.63, 3.8) is 0 Å². The van der Waals surface area contributed by atoms with Crippen LogP contribution in [0.4, 0.5) is 5.69 Å². The number of thiazole rings is 1. The van der Waals surface area contributed by atoms with Gasteiger partial charge in [0.15, 0.2) is 5.75 Å². The summed E-state index contributed by atoms with van der Waals surface area (Å²) in [5, 5.41) is 0.571. The lowest BCUT2D eigenvalue weighted by Crippen LogP contribution is -1.93. The Balaban J connectivity index is 1.96. The van der Waals surface area contributed by atoms with Crippen LogP contribution < -0.4 is 15.2 Å². The van der Waals surface area contributed by atoms with Gasteiger partial charge in [-0.2, -0.15) is 0 Å². The molecule has 0 radical (unpaired) electrons. The highest BCUT2D eigenvalue weighted by Crippen LogP contribution is 2.35. The minimum absolute atomic E-state index is 0.554. The van der Waals surface area contributed by atoms with Gasteiger partial charge >= 0.3 is 0 Å². The number of para-hydroxylation sites is 1. The molecule has 0 fully saturated rings. The maximum atomic E-state index is 5.88. The fourth-order valence-corrected chi connectivity index (χ4v) is 2.55. The molecule has 0 aliphatic heterocycles. The molecule has 0 bridgehead atoms. The lowest BCUT2D eigenvalue weighted by Gasteiger charge is -2.07. The van der Waals surface area contributed by atoms with Gasteiger partial charge in [-0.15, -0.1) is 0 Å². The molecule has 0 amide bonds. The number of hydrogen-bond acceptors (Lipinski definition) is 5. The normalized spacial score (nSPS) is 10.6. The van der Waals surface area contributed by atoms with Gasteiger partial charge in [-0.25, -0.2) is 4.98 Å². The molecule has 1 aromatic heterocycles. The van der Waals surface area contributed by atoms with E-state index in [1.54, 1.807) is 25.3 Å². The van der Waals surface area contributed by atoms with E-state index in [-0.39, 0.29) is 0 Å². The largest absolute Gasteiger partial charge is 0.497 e. The van der Waals surface area contributed by atoms with Crippen LogP contribution in [-0.2, 0) is 0 Å². The fraction of sp³-hybridized carbons (Fsp3) is 0.0714. The summed E-state index contributed by atoms with van der Waals surface area (Å²) in [6.07, 6.45) is 0. The molecule has 2 N–H and O–H groups in total. The van der Waals surface area contributed by atoms with E-state index in [0.717, 1.165) is 10.2 Å². The van der Waals surface area contributed by atoms with Crippen LogP contribution in [0.5, 0.6) is 16.7 Å². The summed E-state index contributed by atoms with van der Waals surface area (Å²) in [6.45, 7) is 0. The van der Waals surface area contributed by atoms with Crippen molar-refractivity contribution < 1.29 is 9.47 Å². The Morgan fingerprint density at radius 3 is 2.79 bits per heavy atom. The van der Waals surface area contributed by atoms with E-state index in [9.17, 15) is 0 Å². The number of anilines is 1. The second-order valence-corrected chi connectivity index (χ2v) is 4.95. The van der Waals surface area contributed by atoms with Crippen molar-refractivity contribution in [2.24, 2.45) is 0 Å². The van der Waals surface area contributed by atoms with Crippen LogP contribution >= 0.6 is 11.3 Å². The average Bonchev–Trinajstić information content (AvgIpc) is 2.83. The maximum absolute atomic E-state index is 5.88. The summed E-state index contributed by atoms with van der Waals surface area (Å²) < 4.78 is 12.0. The Hall–Kier alpha value is -2.27. The van der Waals surface area contributed by atoms with Crippen molar-refractivity contribution in [2.75, 3.05) is 12.8 Å². The molecular weight excluding hydrogens is 260 g/mol. The highest BCUT2D eigenvalue weighted by Gasteiger charge is 2.08. The topological polar surface area (TPSA) is 57.4 Å². The van der Waals surface area contributed by atoms with Crippen molar-refractivity contribution in [3.8, 4) is 16.7 Å². The zero-order valence-corrected chi connectivity index (χ0v) is 11.1. The predicted molar refractivity (Wildman–Crippen MR) is 77.1 cm³/mol. The van der Waals surface area contributed by atoms with Crippen LogP contribution in [0.15, 0.2) is 42.5 Å². The van der Waals surface area contributed by atoms with Gasteiger partial charge in [0.25, 0.3) is 5.19 Å². The number of fused-ring (bicyclic) bond motifs is 1. The van der Waals surface area contributed by atoms with Crippen molar-refractivity contribution in [2.45, 2.75) is 0 Å². The number of nitrogen functional groups attached to an aromatic ring is 1. The van der Waals surface area contributed by atoms with E-state index in [1.165, 1.54) is 11.3 Å². The molecular formula is C14H12N2O2S. The smallest absolute Gasteiger partial charge is 0.279 e. The number of benzene rings is 2. The second-order valence-electron chi connectivity index (χ2n) is 3.95. The van der Waals surface area contributed by atoms with E-state index < -0.39 is 0 Å². The van der Waals surface area contributed by atoms with Crippen LogP contribution in [0.2, 0.25) is 0 Å². The van der Waals surface area contributed by atoms with Gasteiger partial charge in [-0.3, -0.25) is 0 Å². The molecule has 4 nitrogen and oxygen atoms in total. The zero-order valence-electron chi connectivity index (χ0n) is 10.3. The highest BCUT2D eigenvalue weighted by molar-refractivity contribution is 7.20. The van der Waals surface area contributed by atoms with Crippen LogP contribution in [0.3, 0.4) is 0 Å². The first-order chi connectivity index (χ1) is 9.26. The molecule has 2 aromatic carbocycles. The van der Waals surface area contributed by atoms with Crippen LogP contribution in [0.25, 0.3) is 10.2 Å². The molecule has 0 saturated heterocycles. The molecule has 0 atom stereocenters. The van der Waals surface area contributed by atoms with Gasteiger partial charge in [-0.05, 0) is 24.3 Å². The number of hydrogen-bond donors (Lipinski definition) is 1. The van der Waals surface area contributed by atoms with Crippen molar-refractivity contribution in [3.05, 3.63) is 42.5 Å². The summed E-state index contributed by atoms with van der Waals surface area (Å²) in [4.78, 5) is 4.40. The standard InChI is InChI=1S/C14H12N2O2S/c1-17-9-6-7-10(15)12(8-9)18-14-16-11-4-2-3-5-13(11)19-14/h2-8H,15H2,1H3. The van der Waals surface area contributed by atoms with Crippen molar-refractivity contribution in [1.82, 2.24) is 4.98 Å². The monoisotopic (exact) mass is 272 g/mol. The molecule has 0 unspecified atom stereocenters. The van der Waals surface area contributed by atoms with E-state index in [0.29, 0.717) is 22.4 Å². The Morgan fingerprint density at radius 1 is 1.16 bits per heavy atom. The molecule has 19 heavy (non-hydrogen) atoms. The van der Waals surface area contributed by atoms with Crippen LogP contribution in [0.1, 0.15) is 0 Å². The van der Waals surface area contributed by atoms with Gasteiger partial charge in [0.2, 0.25) is 0 Å². The van der Waals surface area contributed by atoms with Crippen LogP contribution in [0, 0.1) is 0 Å². The van der Waals surface area contributed by atoms with Crippen molar-refractivity contribution >= 4 is 27.2 Å². The third-order valence-electron chi connectivity index (χ3n) is 2.69. The quantitative estimate of drug-likeness (QED) is 0.739. The minimum Gasteiger partial charge on any atom is -0.497 e. The molecule has 0 spiro atoms. The van der Waals surface area contributed by atoms with Gasteiger partial charge in [-0.1, -0.05) is 23.5 Å². The summed E-state index contributed by atoms with van der Waals surface area (Å²) >= 11 is 1.48. The maximum Gasteiger partial charge on any atom is 0.279 e. The van der Waals surface area contributed by atoms with E-state index >= 15 is 0 Å². The number of methoxy groups -OCH3 is 1. The molecule has 0 aliphatic carbocycles. The Labute approximate surface area is 114 Å². The molecule has 1 heterocycles. The van der Waals surface area contributed by atoms with E-state index in [1.807, 2.05) is 24.3 Å². The van der Waals surface area contributed by atoms with Crippen LogP contribution in [-0.4, -0.2) is 12.1 Å². The summed E-state index contributed by atoms with van der Waals surface area (Å²) in [7, 11) is 1.60. The van der Waals surface area contributed by atoms with Gasteiger partial charge in [0, 0.05) is 6.07 Å². The summed E-state index contributed by atoms with van der Waals surface area (Å²) in [5.74, 6) is 1.25. The minimum atomic E-state index is 0.554. The molecule has 0 saturated carbocycles. The Morgan fingerprint density at radius 2 is 2.00 bits per heavy atom. The highest BCUT2D eigenvalue weighted by atomic mass is 32.1. The number of aromatic nitrogens is 1. The molecule has 0 aliphatic rings. The summed E-state index contributed by atoms with van der Waals surface area (Å²) in [6, 6.07) is 13.2. The van der Waals surface area contributed by atoms with E-state index in [4.69, 9.17) is 15.2 Å². The predicted octanol–water partition coefficient (Wildman–Crippen LogP) is 3.68. The first kappa shape index (κ1) is 11.8. The number of ether oxygens (including phenoxy) is 2. The zero-order chi connectivity index (χ0) is 13.2. The third-order valence-corrected chi connectivity index (χ3v) is 3.61. The first-order valence-electron chi connectivity index (χ1n) is 5.73. The molecule has 3 rings (SSSR count). The summed E-state index contributed by atoms with van der Waals surface area (Å²) in [5.41, 5.74) is 7.36. The lowest BCUT2D eigenvalue weighted by molar-refractivity contribution is 0.409. The number of nitrogens with two attached hydrogens (primary N) is 1. The van der Waals surface area contributed by atoms with Gasteiger partial charge < -0.3 is 15.2 Å². The number of rotatable bonds is 3. The fourth-order valence-electron chi connectivity index (χ4n) is 1.72. The third kappa shape index (κ3) is 2.32. The molecule has 3 aromatic rings. The average molecular weight is 272 g/mol. The number of nitrogens with zero attached hydrogens (tertiary/aromatic N) is 1. The van der Waals surface area contributed by atoms with Crippen molar-refractivity contribution in [1.29, 1.82) is 0 Å². The van der Waals surface area contributed by atoms with E-state index in [2.05, 4.69) is 4.98 Å². The molecule has 5 heteroatoms. The SMILES string of the molecule is COc1ccc(N)c(Oc2nc3ccccc3s2)c1. The Bertz CT molecular complexity index is 691. The van der Waals surface area contributed by atoms with Gasteiger partial charge in [0.1, 0.15) is 5.75 Å². The lowest BCUT2D eigenvalue weighted by atomic mass is 10.3. The first-order valence-corrected chi connectivity index (χ1v) is 6.55. The van der Waals surface area contributed by atoms with Gasteiger partial charge in [0.05, 0.1) is 23.0 Å². The Kier molecular flexibility index (Phi) is 2.97. The second kappa shape index (κ2) is 4.78.